The van der Waals surface area contributed by atoms with E-state index in [2.05, 4.69) is 39.0 Å². The van der Waals surface area contributed by atoms with Crippen LogP contribution in [-0.4, -0.2) is 0 Å². The fourth-order valence-corrected chi connectivity index (χ4v) is 2.96. The zero-order chi connectivity index (χ0) is 13.3. The lowest BCUT2D eigenvalue weighted by atomic mass is 9.78. The average Bonchev–Trinajstić information content (AvgIpc) is 2.30. The fraction of sp³-hybridized carbons (Fsp3) is 0.529. The van der Waals surface area contributed by atoms with Gasteiger partial charge in [0.1, 0.15) is 0 Å². The third-order valence-electron chi connectivity index (χ3n) is 4.23. The Morgan fingerprint density at radius 1 is 1.22 bits per heavy atom. The molecule has 0 saturated heterocycles. The Morgan fingerprint density at radius 2 is 1.94 bits per heavy atom. The van der Waals surface area contributed by atoms with Crippen molar-refractivity contribution in [3.05, 3.63) is 46.3 Å². The van der Waals surface area contributed by atoms with Crippen LogP contribution in [0.15, 0.2) is 29.6 Å². The normalized spacial score (nSPS) is 24.5. The Hall–Kier alpha value is -1.11. The summed E-state index contributed by atoms with van der Waals surface area (Å²) in [5, 5.41) is 0. The van der Waals surface area contributed by atoms with Crippen molar-refractivity contribution in [3.8, 4) is 0 Å². The van der Waals surface area contributed by atoms with E-state index < -0.39 is 0 Å². The van der Waals surface area contributed by atoms with Crippen molar-refractivity contribution in [2.45, 2.75) is 47.0 Å². The van der Waals surface area contributed by atoms with E-state index in [0.717, 1.165) is 18.4 Å². The third-order valence-corrected chi connectivity index (χ3v) is 4.23. The second-order valence-corrected chi connectivity index (χ2v) is 5.96. The lowest BCUT2D eigenvalue weighted by molar-refractivity contribution is 0.350. The summed E-state index contributed by atoms with van der Waals surface area (Å²) in [6, 6.07) is 6.57. The Morgan fingerprint density at radius 3 is 2.67 bits per heavy atom. The first-order valence-electron chi connectivity index (χ1n) is 6.88. The van der Waals surface area contributed by atoms with E-state index in [1.165, 1.54) is 16.7 Å². The molecule has 2 rings (SSSR count). The molecule has 18 heavy (non-hydrogen) atoms. The van der Waals surface area contributed by atoms with Gasteiger partial charge in [-0.25, -0.2) is 4.39 Å². The van der Waals surface area contributed by atoms with Crippen LogP contribution in [0.25, 0.3) is 0 Å². The molecule has 0 amide bonds. The quantitative estimate of drug-likeness (QED) is 0.678. The molecule has 1 aliphatic rings. The van der Waals surface area contributed by atoms with Crippen LogP contribution < -0.4 is 0 Å². The van der Waals surface area contributed by atoms with Crippen LogP contribution in [0.2, 0.25) is 0 Å². The van der Waals surface area contributed by atoms with Crippen LogP contribution in [0.1, 0.15) is 43.4 Å². The van der Waals surface area contributed by atoms with Crippen molar-refractivity contribution < 1.29 is 4.39 Å². The van der Waals surface area contributed by atoms with Gasteiger partial charge in [0.25, 0.3) is 0 Å². The molecule has 0 aliphatic heterocycles. The molecule has 1 aromatic carbocycles. The highest BCUT2D eigenvalue weighted by atomic mass is 19.1. The summed E-state index contributed by atoms with van der Waals surface area (Å²) in [4.78, 5) is 0. The van der Waals surface area contributed by atoms with Gasteiger partial charge in [-0.3, -0.25) is 0 Å². The number of halogens is 1. The van der Waals surface area contributed by atoms with E-state index in [0.29, 0.717) is 18.3 Å². The van der Waals surface area contributed by atoms with Crippen LogP contribution in [-0.2, 0) is 6.42 Å². The molecule has 1 aromatic rings. The first-order chi connectivity index (χ1) is 8.47. The molecular weight excluding hydrogens is 223 g/mol. The van der Waals surface area contributed by atoms with Crippen LogP contribution in [0.3, 0.4) is 0 Å². The smallest absolute Gasteiger partial charge is 0.0994 e. The van der Waals surface area contributed by atoms with Gasteiger partial charge < -0.3 is 0 Å². The van der Waals surface area contributed by atoms with E-state index >= 15 is 0 Å². The van der Waals surface area contributed by atoms with Gasteiger partial charge in [-0.1, -0.05) is 30.7 Å². The summed E-state index contributed by atoms with van der Waals surface area (Å²) >= 11 is 0. The van der Waals surface area contributed by atoms with E-state index in [9.17, 15) is 4.39 Å². The molecule has 98 valence electrons. The maximum absolute atomic E-state index is 13.8. The first-order valence-corrected chi connectivity index (χ1v) is 6.88. The first kappa shape index (κ1) is 13.3. The molecule has 0 radical (unpaired) electrons. The summed E-state index contributed by atoms with van der Waals surface area (Å²) in [7, 11) is 0. The molecule has 0 bridgehead atoms. The topological polar surface area (TPSA) is 0 Å². The molecule has 2 unspecified atom stereocenters. The van der Waals surface area contributed by atoms with Gasteiger partial charge in [0.05, 0.1) is 5.83 Å². The van der Waals surface area contributed by atoms with Crippen molar-refractivity contribution in [2.75, 3.05) is 0 Å². The second kappa shape index (κ2) is 5.26. The Bertz CT molecular complexity index is 470. The number of hydrogen-bond acceptors (Lipinski definition) is 0. The van der Waals surface area contributed by atoms with Crippen molar-refractivity contribution in [3.63, 3.8) is 0 Å². The number of rotatable bonds is 2. The third kappa shape index (κ3) is 2.82. The molecule has 0 N–H and O–H groups in total. The van der Waals surface area contributed by atoms with Gasteiger partial charge >= 0.3 is 0 Å². The average molecular weight is 246 g/mol. The minimum atomic E-state index is 0.129. The Balaban J connectivity index is 2.23. The van der Waals surface area contributed by atoms with Crippen molar-refractivity contribution >= 4 is 0 Å². The van der Waals surface area contributed by atoms with Crippen molar-refractivity contribution in [1.82, 2.24) is 0 Å². The molecule has 1 aliphatic carbocycles. The van der Waals surface area contributed by atoms with Gasteiger partial charge in [-0.15, -0.1) is 0 Å². The predicted molar refractivity (Wildman–Crippen MR) is 75.3 cm³/mol. The van der Waals surface area contributed by atoms with Crippen LogP contribution in [0.5, 0.6) is 0 Å². The highest BCUT2D eigenvalue weighted by Gasteiger charge is 2.25. The van der Waals surface area contributed by atoms with E-state index in [1.807, 2.05) is 6.92 Å². The number of aryl methyl sites for hydroxylation is 2. The highest BCUT2D eigenvalue weighted by molar-refractivity contribution is 5.32. The molecule has 0 aromatic heterocycles. The van der Waals surface area contributed by atoms with Gasteiger partial charge in [0.2, 0.25) is 0 Å². The number of hydrogen-bond donors (Lipinski definition) is 0. The molecule has 0 fully saturated rings. The largest absolute Gasteiger partial charge is 0.212 e. The zero-order valence-electron chi connectivity index (χ0n) is 11.9. The van der Waals surface area contributed by atoms with E-state index in [-0.39, 0.29) is 5.83 Å². The van der Waals surface area contributed by atoms with Crippen LogP contribution in [0, 0.1) is 25.7 Å². The van der Waals surface area contributed by atoms with Crippen molar-refractivity contribution in [1.29, 1.82) is 0 Å². The van der Waals surface area contributed by atoms with Crippen LogP contribution >= 0.6 is 0 Å². The summed E-state index contributed by atoms with van der Waals surface area (Å²) in [6.45, 7) is 8.39. The van der Waals surface area contributed by atoms with Crippen molar-refractivity contribution in [2.24, 2.45) is 11.8 Å². The molecule has 0 heterocycles. The highest BCUT2D eigenvalue weighted by Crippen LogP contribution is 2.36. The standard InChI is InChI=1S/C17H23F/c1-11-5-6-13(3)15(7-11)10-16-8-12(2)9-17(18)14(16)4/h5-7,12,16H,8-10H2,1-4H3. The maximum Gasteiger partial charge on any atom is 0.0994 e. The summed E-state index contributed by atoms with van der Waals surface area (Å²) in [5.41, 5.74) is 4.98. The van der Waals surface area contributed by atoms with E-state index in [4.69, 9.17) is 0 Å². The minimum absolute atomic E-state index is 0.129. The van der Waals surface area contributed by atoms with Gasteiger partial charge in [0.15, 0.2) is 0 Å². The lowest BCUT2D eigenvalue weighted by Crippen LogP contribution is -2.18. The predicted octanol–water partition coefficient (Wildman–Crippen LogP) is 5.14. The van der Waals surface area contributed by atoms with Crippen LogP contribution in [0.4, 0.5) is 4.39 Å². The zero-order valence-corrected chi connectivity index (χ0v) is 11.9. The fourth-order valence-electron chi connectivity index (χ4n) is 2.96. The molecule has 0 spiro atoms. The Kier molecular flexibility index (Phi) is 3.89. The Labute approximate surface area is 110 Å². The molecule has 1 heteroatoms. The second-order valence-electron chi connectivity index (χ2n) is 5.96. The number of allylic oxidation sites excluding steroid dienone is 2. The van der Waals surface area contributed by atoms with Gasteiger partial charge in [-0.05, 0) is 62.1 Å². The lowest BCUT2D eigenvalue weighted by Gasteiger charge is -2.28. The van der Waals surface area contributed by atoms with Gasteiger partial charge in [0, 0.05) is 6.42 Å². The molecule has 0 nitrogen and oxygen atoms in total. The maximum atomic E-state index is 13.8. The SMILES string of the molecule is CC1=C(F)CC(C)CC1Cc1cc(C)ccc1C. The minimum Gasteiger partial charge on any atom is -0.212 e. The molecular formula is C17H23F. The monoisotopic (exact) mass is 246 g/mol. The van der Waals surface area contributed by atoms with Gasteiger partial charge in [-0.2, -0.15) is 0 Å². The molecule has 0 saturated carbocycles. The number of benzene rings is 1. The summed E-state index contributed by atoms with van der Waals surface area (Å²) in [6.07, 6.45) is 2.73. The summed E-state index contributed by atoms with van der Waals surface area (Å²) in [5.74, 6) is 0.988. The molecule has 2 atom stereocenters. The summed E-state index contributed by atoms with van der Waals surface area (Å²) < 4.78 is 13.8. The van der Waals surface area contributed by atoms with E-state index in [1.54, 1.807) is 0 Å².